The molecule has 0 aliphatic rings. The third-order valence-corrected chi connectivity index (χ3v) is 5.29. The fourth-order valence-electron chi connectivity index (χ4n) is 3.01. The summed E-state index contributed by atoms with van der Waals surface area (Å²) in [6.07, 6.45) is 2.23. The molecule has 11 heteroatoms. The average Bonchev–Trinajstić information content (AvgIpc) is 3.13. The number of nitrogens with one attached hydrogen (secondary N) is 1. The summed E-state index contributed by atoms with van der Waals surface area (Å²) in [7, 11) is 6.79. The lowest BCUT2D eigenvalue weighted by atomic mass is 10.3. The molecule has 0 atom stereocenters. The first kappa shape index (κ1) is 21.9. The third kappa shape index (κ3) is 4.22. The number of aryl methyl sites for hydroxylation is 2. The average molecular weight is 452 g/mol. The number of benzene rings is 1. The largest absolute Gasteiger partial charge is 0.349 e. The van der Waals surface area contributed by atoms with E-state index in [1.54, 1.807) is 36.1 Å². The molecule has 1 N–H and O–H groups in total. The normalized spacial score (nSPS) is 11.9. The molecule has 3 aromatic rings. The van der Waals surface area contributed by atoms with E-state index >= 15 is 0 Å². The Balaban J connectivity index is 1.76. The van der Waals surface area contributed by atoms with Crippen molar-refractivity contribution in [2.75, 3.05) is 26.0 Å². The van der Waals surface area contributed by atoms with Gasteiger partial charge in [0.15, 0.2) is 17.1 Å². The van der Waals surface area contributed by atoms with Gasteiger partial charge in [-0.3, -0.25) is 18.9 Å². The maximum Gasteiger partial charge on any atom is 0.332 e. The molecule has 30 heavy (non-hydrogen) atoms. The van der Waals surface area contributed by atoms with Crippen LogP contribution in [0.4, 0.5) is 5.69 Å². The number of imidazole rings is 1. The maximum atomic E-state index is 12.5. The third-order valence-electron chi connectivity index (χ3n) is 4.66. The number of rotatable bonds is 5. The summed E-state index contributed by atoms with van der Waals surface area (Å²) >= 11 is 12.5. The van der Waals surface area contributed by atoms with E-state index in [2.05, 4.69) is 15.3 Å². The zero-order chi connectivity index (χ0) is 22.0. The number of aromatic nitrogens is 4. The van der Waals surface area contributed by atoms with E-state index < -0.39 is 5.69 Å². The summed E-state index contributed by atoms with van der Waals surface area (Å²) < 4.78 is 4.20. The quantitative estimate of drug-likeness (QED) is 0.364. The van der Waals surface area contributed by atoms with Gasteiger partial charge in [-0.05, 0) is 18.6 Å². The van der Waals surface area contributed by atoms with Crippen molar-refractivity contribution in [2.45, 2.75) is 13.0 Å². The molecule has 0 saturated heterocycles. The van der Waals surface area contributed by atoms with Crippen molar-refractivity contribution in [2.24, 2.45) is 19.1 Å². The molecule has 2 aromatic heterocycles. The van der Waals surface area contributed by atoms with E-state index in [0.29, 0.717) is 52.4 Å². The molecule has 160 valence electrons. The van der Waals surface area contributed by atoms with E-state index in [4.69, 9.17) is 23.2 Å². The Morgan fingerprint density at radius 1 is 1.17 bits per heavy atom. The highest BCUT2D eigenvalue weighted by molar-refractivity contribution is 6.39. The Bertz CT molecular complexity index is 1200. The number of hydrogen-bond acceptors (Lipinski definition) is 4. The van der Waals surface area contributed by atoms with Crippen LogP contribution >= 0.6 is 23.2 Å². The van der Waals surface area contributed by atoms with Gasteiger partial charge in [-0.1, -0.05) is 29.3 Å². The minimum absolute atomic E-state index is 0.363. The molecule has 0 bridgehead atoms. The second kappa shape index (κ2) is 8.93. The van der Waals surface area contributed by atoms with Crippen molar-refractivity contribution in [3.8, 4) is 0 Å². The molecule has 0 saturated carbocycles. The summed E-state index contributed by atoms with van der Waals surface area (Å²) in [6.45, 7) is 1.02. The van der Waals surface area contributed by atoms with Crippen LogP contribution in [-0.2, 0) is 20.6 Å². The van der Waals surface area contributed by atoms with E-state index in [-0.39, 0.29) is 5.56 Å². The predicted molar refractivity (Wildman–Crippen MR) is 121 cm³/mol. The molecule has 0 spiro atoms. The van der Waals surface area contributed by atoms with Crippen LogP contribution in [-0.4, -0.2) is 50.2 Å². The van der Waals surface area contributed by atoms with Crippen LogP contribution in [0.5, 0.6) is 0 Å². The first-order valence-corrected chi connectivity index (χ1v) is 10.0. The van der Waals surface area contributed by atoms with Gasteiger partial charge in [-0.25, -0.2) is 9.78 Å². The van der Waals surface area contributed by atoms with Gasteiger partial charge in [0.25, 0.3) is 5.56 Å². The molecule has 3 rings (SSSR count). The number of aliphatic imine (C=N–C) groups is 1. The zero-order valence-corrected chi connectivity index (χ0v) is 18.7. The molecular formula is C19H23Cl2N7O2. The number of halogens is 2. The predicted octanol–water partition coefficient (Wildman–Crippen LogP) is 2.16. The molecule has 1 aromatic carbocycles. The topological polar surface area (TPSA) is 89.5 Å². The SMILES string of the molecule is CN(C)C(=NCCCn1cnc2c1c(=O)n(C)c(=O)n2C)Nc1c(Cl)cccc1Cl. The van der Waals surface area contributed by atoms with Crippen molar-refractivity contribution in [3.05, 3.63) is 55.4 Å². The van der Waals surface area contributed by atoms with Gasteiger partial charge < -0.3 is 14.8 Å². The highest BCUT2D eigenvalue weighted by Crippen LogP contribution is 2.29. The van der Waals surface area contributed by atoms with Crippen molar-refractivity contribution in [3.63, 3.8) is 0 Å². The Hall–Kier alpha value is -2.78. The lowest BCUT2D eigenvalue weighted by Crippen LogP contribution is -2.37. The number of guanidine groups is 1. The van der Waals surface area contributed by atoms with E-state index in [9.17, 15) is 9.59 Å². The van der Waals surface area contributed by atoms with Crippen molar-refractivity contribution in [1.82, 2.24) is 23.6 Å². The van der Waals surface area contributed by atoms with Gasteiger partial charge >= 0.3 is 5.69 Å². The Labute approximate surface area is 183 Å². The van der Waals surface area contributed by atoms with Crippen LogP contribution in [0.2, 0.25) is 10.0 Å². The summed E-state index contributed by atoms with van der Waals surface area (Å²) in [5.74, 6) is 0.610. The molecule has 9 nitrogen and oxygen atoms in total. The van der Waals surface area contributed by atoms with Crippen molar-refractivity contribution < 1.29 is 0 Å². The minimum atomic E-state index is -0.401. The molecule has 0 radical (unpaired) electrons. The number of fused-ring (bicyclic) bond motifs is 1. The van der Waals surface area contributed by atoms with Gasteiger partial charge in [-0.2, -0.15) is 0 Å². The summed E-state index contributed by atoms with van der Waals surface area (Å²) in [5.41, 5.74) is 0.603. The molecule has 0 fully saturated rings. The van der Waals surface area contributed by atoms with Gasteiger partial charge in [0, 0.05) is 41.3 Å². The zero-order valence-electron chi connectivity index (χ0n) is 17.2. The Morgan fingerprint density at radius 2 is 1.83 bits per heavy atom. The van der Waals surface area contributed by atoms with Crippen LogP contribution in [0.15, 0.2) is 39.1 Å². The van der Waals surface area contributed by atoms with Crippen LogP contribution in [0.25, 0.3) is 11.2 Å². The molecule has 2 heterocycles. The van der Waals surface area contributed by atoms with Gasteiger partial charge in [0.05, 0.1) is 22.1 Å². The van der Waals surface area contributed by atoms with Crippen LogP contribution in [0.3, 0.4) is 0 Å². The number of nitrogens with zero attached hydrogens (tertiary/aromatic N) is 6. The van der Waals surface area contributed by atoms with E-state index in [1.807, 2.05) is 19.0 Å². The maximum absolute atomic E-state index is 12.5. The second-order valence-corrected chi connectivity index (χ2v) is 7.81. The number of para-hydroxylation sites is 1. The van der Waals surface area contributed by atoms with E-state index in [0.717, 1.165) is 4.57 Å². The first-order chi connectivity index (χ1) is 14.2. The van der Waals surface area contributed by atoms with Crippen LogP contribution < -0.4 is 16.6 Å². The fraction of sp³-hybridized carbons (Fsp3) is 0.368. The smallest absolute Gasteiger partial charge is 0.332 e. The molecular weight excluding hydrogens is 429 g/mol. The summed E-state index contributed by atoms with van der Waals surface area (Å²) in [6, 6.07) is 5.28. The first-order valence-electron chi connectivity index (χ1n) is 9.26. The molecule has 0 aliphatic carbocycles. The van der Waals surface area contributed by atoms with Crippen molar-refractivity contribution in [1.29, 1.82) is 0 Å². The number of anilines is 1. The minimum Gasteiger partial charge on any atom is -0.349 e. The second-order valence-electron chi connectivity index (χ2n) is 6.99. The summed E-state index contributed by atoms with van der Waals surface area (Å²) in [5, 5.41) is 4.18. The Kier molecular flexibility index (Phi) is 6.52. The fourth-order valence-corrected chi connectivity index (χ4v) is 3.51. The highest BCUT2D eigenvalue weighted by Gasteiger charge is 2.14. The van der Waals surface area contributed by atoms with E-state index in [1.165, 1.54) is 11.6 Å². The number of hydrogen-bond donors (Lipinski definition) is 1. The van der Waals surface area contributed by atoms with Gasteiger partial charge in [0.2, 0.25) is 0 Å². The molecule has 0 unspecified atom stereocenters. The Morgan fingerprint density at radius 3 is 2.47 bits per heavy atom. The monoisotopic (exact) mass is 451 g/mol. The molecule has 0 aliphatic heterocycles. The summed E-state index contributed by atoms with van der Waals surface area (Å²) in [4.78, 5) is 35.2. The lowest BCUT2D eigenvalue weighted by Gasteiger charge is -2.19. The highest BCUT2D eigenvalue weighted by atomic mass is 35.5. The van der Waals surface area contributed by atoms with Crippen LogP contribution in [0, 0.1) is 0 Å². The molecule has 0 amide bonds. The van der Waals surface area contributed by atoms with Gasteiger partial charge in [-0.15, -0.1) is 0 Å². The van der Waals surface area contributed by atoms with Crippen LogP contribution in [0.1, 0.15) is 6.42 Å². The lowest BCUT2D eigenvalue weighted by molar-refractivity contribution is 0.606. The standard InChI is InChI=1S/C19H23Cl2N7O2/c1-25(2)18(24-14-12(20)7-5-8-13(14)21)22-9-6-10-28-11-23-16-15(28)17(29)27(4)19(30)26(16)3/h5,7-8,11H,6,9-10H2,1-4H3,(H,22,24). The van der Waals surface area contributed by atoms with Gasteiger partial charge in [0.1, 0.15) is 0 Å². The van der Waals surface area contributed by atoms with Crippen molar-refractivity contribution >= 4 is 46.0 Å².